The van der Waals surface area contributed by atoms with Crippen molar-refractivity contribution in [2.24, 2.45) is 0 Å². The summed E-state index contributed by atoms with van der Waals surface area (Å²) in [4.78, 5) is 29.1. The van der Waals surface area contributed by atoms with Crippen molar-refractivity contribution in [1.82, 2.24) is 10.2 Å². The molecule has 1 atom stereocenters. The third kappa shape index (κ3) is 9.23. The van der Waals surface area contributed by atoms with Crippen LogP contribution in [0.2, 0.25) is 10.0 Å². The van der Waals surface area contributed by atoms with Gasteiger partial charge in [-0.1, -0.05) is 94.9 Å². The van der Waals surface area contributed by atoms with Crippen LogP contribution in [0, 0.1) is 0 Å². The highest BCUT2D eigenvalue weighted by Gasteiger charge is 2.33. The molecule has 3 aromatic rings. The summed E-state index contributed by atoms with van der Waals surface area (Å²) in [7, 11) is -3.90. The molecule has 214 valence electrons. The smallest absolute Gasteiger partial charge is 0.244 e. The predicted molar refractivity (Wildman–Crippen MR) is 165 cm³/mol. The van der Waals surface area contributed by atoms with Crippen molar-refractivity contribution in [2.45, 2.75) is 38.8 Å². The van der Waals surface area contributed by atoms with E-state index in [4.69, 9.17) is 23.2 Å². The maximum absolute atomic E-state index is 14.0. The van der Waals surface area contributed by atoms with Crippen molar-refractivity contribution in [3.63, 3.8) is 0 Å². The van der Waals surface area contributed by atoms with Crippen molar-refractivity contribution < 1.29 is 18.0 Å². The van der Waals surface area contributed by atoms with Crippen LogP contribution in [0.3, 0.4) is 0 Å². The van der Waals surface area contributed by atoms with E-state index in [1.807, 2.05) is 61.5 Å². The lowest BCUT2D eigenvalue weighted by atomic mass is 10.0. The van der Waals surface area contributed by atoms with Gasteiger partial charge in [0, 0.05) is 24.0 Å². The van der Waals surface area contributed by atoms with E-state index in [9.17, 15) is 18.0 Å². The topological polar surface area (TPSA) is 86.8 Å². The SMILES string of the molecule is CCCCNC(=O)C(Cc1ccccc1)N(Cc1cccc(Br)c1)C(=O)CN(c1ccc(Cl)c(Cl)c1)S(C)(=O)=O. The lowest BCUT2D eigenvalue weighted by molar-refractivity contribution is -0.140. The van der Waals surface area contributed by atoms with E-state index in [2.05, 4.69) is 21.2 Å². The van der Waals surface area contributed by atoms with Crippen LogP contribution in [0.5, 0.6) is 0 Å². The van der Waals surface area contributed by atoms with Crippen molar-refractivity contribution in [2.75, 3.05) is 23.7 Å². The second-order valence-electron chi connectivity index (χ2n) is 9.37. The molecular weight excluding hydrogens is 637 g/mol. The molecule has 11 heteroatoms. The number of carbonyl (C=O) groups is 2. The zero-order chi connectivity index (χ0) is 29.3. The third-order valence-electron chi connectivity index (χ3n) is 6.21. The molecule has 0 saturated carbocycles. The van der Waals surface area contributed by atoms with Crippen LogP contribution in [-0.2, 0) is 32.6 Å². The Hall–Kier alpha value is -2.59. The van der Waals surface area contributed by atoms with E-state index >= 15 is 0 Å². The van der Waals surface area contributed by atoms with Gasteiger partial charge in [0.2, 0.25) is 21.8 Å². The number of anilines is 1. The number of amides is 2. The lowest BCUT2D eigenvalue weighted by Crippen LogP contribution is -2.53. The summed E-state index contributed by atoms with van der Waals surface area (Å²) in [6.45, 7) is 2.06. The van der Waals surface area contributed by atoms with Crippen LogP contribution in [0.25, 0.3) is 0 Å². The van der Waals surface area contributed by atoms with Gasteiger partial charge in [0.05, 0.1) is 22.0 Å². The summed E-state index contributed by atoms with van der Waals surface area (Å²) in [6, 6.07) is 20.3. The van der Waals surface area contributed by atoms with Gasteiger partial charge in [-0.2, -0.15) is 0 Å². The molecule has 0 bridgehead atoms. The fourth-order valence-corrected chi connectivity index (χ4v) is 5.73. The summed E-state index contributed by atoms with van der Waals surface area (Å²) in [5, 5.41) is 3.37. The average Bonchev–Trinajstić information content (AvgIpc) is 2.91. The molecule has 7 nitrogen and oxygen atoms in total. The summed E-state index contributed by atoms with van der Waals surface area (Å²) in [6.07, 6.45) is 2.96. The van der Waals surface area contributed by atoms with Crippen LogP contribution in [0.1, 0.15) is 30.9 Å². The van der Waals surface area contributed by atoms with Gasteiger partial charge in [-0.15, -0.1) is 0 Å². The van der Waals surface area contributed by atoms with Crippen LogP contribution in [-0.4, -0.2) is 50.5 Å². The Kier molecular flexibility index (Phi) is 11.9. The molecule has 0 radical (unpaired) electrons. The first-order valence-electron chi connectivity index (χ1n) is 12.8. The highest BCUT2D eigenvalue weighted by atomic mass is 79.9. The Bertz CT molecular complexity index is 1420. The lowest BCUT2D eigenvalue weighted by Gasteiger charge is -2.33. The zero-order valence-electron chi connectivity index (χ0n) is 22.3. The summed E-state index contributed by atoms with van der Waals surface area (Å²) in [5.41, 5.74) is 1.84. The number of nitrogens with one attached hydrogen (secondary N) is 1. The normalized spacial score (nSPS) is 12.0. The van der Waals surface area contributed by atoms with Gasteiger partial charge in [0.25, 0.3) is 0 Å². The first-order chi connectivity index (χ1) is 19.0. The molecule has 0 aliphatic rings. The Balaban J connectivity index is 2.04. The molecule has 2 amide bonds. The molecule has 0 heterocycles. The number of nitrogens with zero attached hydrogens (tertiary/aromatic N) is 2. The van der Waals surface area contributed by atoms with E-state index < -0.39 is 28.5 Å². The number of sulfonamides is 1. The summed E-state index contributed by atoms with van der Waals surface area (Å²) in [5.74, 6) is -0.843. The Morgan fingerprint density at radius 1 is 0.950 bits per heavy atom. The van der Waals surface area contributed by atoms with Crippen molar-refractivity contribution in [1.29, 1.82) is 0 Å². The second-order valence-corrected chi connectivity index (χ2v) is 13.0. The first kappa shape index (κ1) is 31.9. The van der Waals surface area contributed by atoms with Crippen LogP contribution >= 0.6 is 39.1 Å². The number of hydrogen-bond donors (Lipinski definition) is 1. The molecule has 0 spiro atoms. The molecule has 1 N–H and O–H groups in total. The molecule has 0 aliphatic heterocycles. The fraction of sp³-hybridized carbons (Fsp3) is 0.310. The average molecular weight is 669 g/mol. The molecule has 40 heavy (non-hydrogen) atoms. The van der Waals surface area contributed by atoms with Gasteiger partial charge in [-0.05, 0) is 47.9 Å². The second kappa shape index (κ2) is 14.9. The van der Waals surface area contributed by atoms with Gasteiger partial charge >= 0.3 is 0 Å². The van der Waals surface area contributed by atoms with Gasteiger partial charge in [-0.3, -0.25) is 13.9 Å². The number of halogens is 3. The monoisotopic (exact) mass is 667 g/mol. The number of benzene rings is 3. The quantitative estimate of drug-likeness (QED) is 0.224. The number of carbonyl (C=O) groups excluding carboxylic acids is 2. The van der Waals surface area contributed by atoms with Crippen molar-refractivity contribution in [3.05, 3.63) is 98.4 Å². The molecular formula is C29H32BrCl2N3O4S. The molecule has 0 aliphatic carbocycles. The Morgan fingerprint density at radius 3 is 2.27 bits per heavy atom. The van der Waals surface area contributed by atoms with Gasteiger partial charge in [-0.25, -0.2) is 8.42 Å². The predicted octanol–water partition coefficient (Wildman–Crippen LogP) is 6.08. The van der Waals surface area contributed by atoms with E-state index in [0.29, 0.717) is 6.54 Å². The molecule has 1 unspecified atom stereocenters. The van der Waals surface area contributed by atoms with E-state index in [0.717, 1.165) is 39.0 Å². The minimum atomic E-state index is -3.90. The third-order valence-corrected chi connectivity index (χ3v) is 8.59. The maximum atomic E-state index is 14.0. The molecule has 3 aromatic carbocycles. The highest BCUT2D eigenvalue weighted by molar-refractivity contribution is 9.10. The van der Waals surface area contributed by atoms with E-state index in [1.54, 1.807) is 0 Å². The molecule has 0 aromatic heterocycles. The first-order valence-corrected chi connectivity index (χ1v) is 16.2. The minimum absolute atomic E-state index is 0.0932. The van der Waals surface area contributed by atoms with Crippen molar-refractivity contribution in [3.8, 4) is 0 Å². The zero-order valence-corrected chi connectivity index (χ0v) is 26.2. The highest BCUT2D eigenvalue weighted by Crippen LogP contribution is 2.29. The number of unbranched alkanes of at least 4 members (excludes halogenated alkanes) is 1. The summed E-state index contributed by atoms with van der Waals surface area (Å²) >= 11 is 15.7. The van der Waals surface area contributed by atoms with Crippen LogP contribution in [0.4, 0.5) is 5.69 Å². The van der Waals surface area contributed by atoms with E-state index in [1.165, 1.54) is 23.1 Å². The fourth-order valence-electron chi connectivity index (χ4n) is 4.15. The largest absolute Gasteiger partial charge is 0.354 e. The van der Waals surface area contributed by atoms with Gasteiger partial charge < -0.3 is 10.2 Å². The molecule has 0 fully saturated rings. The Labute approximate surface area is 254 Å². The maximum Gasteiger partial charge on any atom is 0.244 e. The van der Waals surface area contributed by atoms with Gasteiger partial charge in [0.15, 0.2) is 0 Å². The molecule has 0 saturated heterocycles. The minimum Gasteiger partial charge on any atom is -0.354 e. The van der Waals surface area contributed by atoms with Crippen molar-refractivity contribution >= 4 is 66.7 Å². The van der Waals surface area contributed by atoms with E-state index in [-0.39, 0.29) is 34.6 Å². The Morgan fingerprint density at radius 2 is 1.65 bits per heavy atom. The summed E-state index contributed by atoms with van der Waals surface area (Å²) < 4.78 is 27.5. The van der Waals surface area contributed by atoms with Crippen LogP contribution < -0.4 is 9.62 Å². The van der Waals surface area contributed by atoms with Crippen LogP contribution in [0.15, 0.2) is 77.3 Å². The standard InChI is InChI=1S/C29H32BrCl2N3O4S/c1-3-4-15-33-29(37)27(17-21-9-6-5-7-10-21)34(19-22-11-8-12-23(30)16-22)28(36)20-35(40(2,38)39)24-13-14-25(31)26(32)18-24/h5-14,16,18,27H,3-4,15,17,19-20H2,1-2H3,(H,33,37). The van der Waals surface area contributed by atoms with Gasteiger partial charge in [0.1, 0.15) is 12.6 Å². The molecule has 3 rings (SSSR count). The number of hydrogen-bond acceptors (Lipinski definition) is 4. The number of rotatable bonds is 13.